The van der Waals surface area contributed by atoms with E-state index in [4.69, 9.17) is 4.74 Å². The largest absolute Gasteiger partial charge is 0.449 e. The highest BCUT2D eigenvalue weighted by molar-refractivity contribution is 6.01. The van der Waals surface area contributed by atoms with E-state index in [0.29, 0.717) is 5.69 Å². The summed E-state index contributed by atoms with van der Waals surface area (Å²) < 4.78 is 5.32. The molecule has 1 unspecified atom stereocenters. The Bertz CT molecular complexity index is 750. The molecule has 28 heavy (non-hydrogen) atoms. The van der Waals surface area contributed by atoms with Gasteiger partial charge >= 0.3 is 5.97 Å². The van der Waals surface area contributed by atoms with E-state index >= 15 is 0 Å². The molecule has 1 aromatic carbocycles. The van der Waals surface area contributed by atoms with Crippen LogP contribution in [0.4, 0.5) is 5.69 Å². The molecule has 8 heteroatoms. The van der Waals surface area contributed by atoms with Gasteiger partial charge < -0.3 is 9.64 Å². The number of hydrogen-bond acceptors (Lipinski definition) is 5. The van der Waals surface area contributed by atoms with Crippen molar-refractivity contribution < 1.29 is 23.9 Å². The topological polar surface area (TPSA) is 96.0 Å². The van der Waals surface area contributed by atoms with Gasteiger partial charge in [-0.2, -0.15) is 0 Å². The molecule has 0 bridgehead atoms. The minimum atomic E-state index is -0.917. The zero-order valence-electron chi connectivity index (χ0n) is 16.9. The van der Waals surface area contributed by atoms with Crippen molar-refractivity contribution in [3.05, 3.63) is 29.8 Å². The summed E-state index contributed by atoms with van der Waals surface area (Å²) in [4.78, 5) is 50.1. The Kier molecular flexibility index (Phi) is 6.77. The summed E-state index contributed by atoms with van der Waals surface area (Å²) in [5, 5.41) is 1.16. The number of nitrogens with one attached hydrogen (secondary N) is 1. The number of nitrogens with zero attached hydrogens (tertiary/aromatic N) is 2. The number of esters is 1. The summed E-state index contributed by atoms with van der Waals surface area (Å²) in [6.07, 6.45) is -0.618. The lowest BCUT2D eigenvalue weighted by molar-refractivity contribution is -0.143. The quantitative estimate of drug-likeness (QED) is 0.751. The summed E-state index contributed by atoms with van der Waals surface area (Å²) in [5.41, 5.74) is 3.19. The minimum absolute atomic E-state index is 0.00905. The smallest absolute Gasteiger partial charge is 0.338 e. The normalized spacial score (nSPS) is 15.5. The summed E-state index contributed by atoms with van der Waals surface area (Å²) in [6, 6.07) is 6.05. The second-order valence-electron chi connectivity index (χ2n) is 7.29. The Morgan fingerprint density at radius 2 is 1.57 bits per heavy atom. The highest BCUT2D eigenvalue weighted by atomic mass is 16.5. The van der Waals surface area contributed by atoms with Crippen molar-refractivity contribution in [1.29, 1.82) is 0 Å². The lowest BCUT2D eigenvalue weighted by Gasteiger charge is -2.32. The fraction of sp³-hybridized carbons (Fsp3) is 0.500. The first-order valence-electron chi connectivity index (χ1n) is 9.37. The SMILES string of the molecule is CC(OC(=O)c1ccc(N2NC(=O)CCC2=O)cc1)C(=O)N(C(C)C)C(C)C. The van der Waals surface area contributed by atoms with Crippen LogP contribution in [0.1, 0.15) is 57.8 Å². The number of ether oxygens (including phenoxy) is 1. The predicted octanol–water partition coefficient (Wildman–Crippen LogP) is 2.04. The summed E-state index contributed by atoms with van der Waals surface area (Å²) in [7, 11) is 0. The first kappa shape index (κ1) is 21.4. The molecule has 8 nitrogen and oxygen atoms in total. The van der Waals surface area contributed by atoms with Crippen LogP contribution in [0.3, 0.4) is 0 Å². The minimum Gasteiger partial charge on any atom is -0.449 e. The number of anilines is 1. The Hall–Kier alpha value is -2.90. The van der Waals surface area contributed by atoms with Crippen LogP contribution in [0.2, 0.25) is 0 Å². The van der Waals surface area contributed by atoms with E-state index in [1.807, 2.05) is 27.7 Å². The molecule has 1 N–H and O–H groups in total. The van der Waals surface area contributed by atoms with Crippen LogP contribution in [0.5, 0.6) is 0 Å². The molecule has 0 aromatic heterocycles. The van der Waals surface area contributed by atoms with E-state index in [0.717, 1.165) is 5.01 Å². The van der Waals surface area contributed by atoms with Gasteiger partial charge in [0.1, 0.15) is 0 Å². The number of benzene rings is 1. The van der Waals surface area contributed by atoms with Gasteiger partial charge in [-0.25, -0.2) is 9.80 Å². The van der Waals surface area contributed by atoms with Crippen molar-refractivity contribution in [3.8, 4) is 0 Å². The van der Waals surface area contributed by atoms with Gasteiger partial charge in [-0.1, -0.05) is 0 Å². The fourth-order valence-corrected chi connectivity index (χ4v) is 3.12. The van der Waals surface area contributed by atoms with Gasteiger partial charge in [-0.3, -0.25) is 19.8 Å². The molecule has 3 amide bonds. The van der Waals surface area contributed by atoms with Gasteiger partial charge in [0.2, 0.25) is 11.8 Å². The second-order valence-corrected chi connectivity index (χ2v) is 7.29. The van der Waals surface area contributed by atoms with E-state index in [1.165, 1.54) is 12.1 Å². The number of carbonyl (C=O) groups excluding carboxylic acids is 4. The molecular weight excluding hydrogens is 362 g/mol. The van der Waals surface area contributed by atoms with Crippen molar-refractivity contribution in [2.45, 2.75) is 65.6 Å². The molecule has 0 radical (unpaired) electrons. The summed E-state index contributed by atoms with van der Waals surface area (Å²) >= 11 is 0. The third-order valence-electron chi connectivity index (χ3n) is 4.41. The highest BCUT2D eigenvalue weighted by Crippen LogP contribution is 2.19. The lowest BCUT2D eigenvalue weighted by Crippen LogP contribution is -2.50. The molecule has 1 aliphatic heterocycles. The molecule has 1 heterocycles. The average molecular weight is 389 g/mol. The maximum Gasteiger partial charge on any atom is 0.338 e. The molecule has 0 aliphatic carbocycles. The van der Waals surface area contributed by atoms with Crippen molar-refractivity contribution in [2.24, 2.45) is 0 Å². The number of rotatable bonds is 6. The maximum absolute atomic E-state index is 12.6. The average Bonchev–Trinajstić information content (AvgIpc) is 2.63. The van der Waals surface area contributed by atoms with Gasteiger partial charge in [-0.05, 0) is 58.9 Å². The van der Waals surface area contributed by atoms with Crippen LogP contribution in [0.15, 0.2) is 24.3 Å². The molecule has 1 fully saturated rings. The monoisotopic (exact) mass is 389 g/mol. The summed E-state index contributed by atoms with van der Waals surface area (Å²) in [6.45, 7) is 9.18. The lowest BCUT2D eigenvalue weighted by atomic mass is 10.1. The van der Waals surface area contributed by atoms with Crippen LogP contribution < -0.4 is 10.4 Å². The zero-order chi connectivity index (χ0) is 21.0. The van der Waals surface area contributed by atoms with Gasteiger partial charge in [-0.15, -0.1) is 0 Å². The van der Waals surface area contributed by atoms with Crippen LogP contribution in [-0.2, 0) is 19.1 Å². The van der Waals surface area contributed by atoms with Crippen molar-refractivity contribution in [1.82, 2.24) is 10.3 Å². The molecular formula is C20H27N3O5. The first-order chi connectivity index (χ1) is 13.1. The van der Waals surface area contributed by atoms with Gasteiger partial charge in [0.25, 0.3) is 5.91 Å². The number of hydrogen-bond donors (Lipinski definition) is 1. The van der Waals surface area contributed by atoms with Crippen LogP contribution >= 0.6 is 0 Å². The van der Waals surface area contributed by atoms with Crippen LogP contribution in [0.25, 0.3) is 0 Å². The van der Waals surface area contributed by atoms with E-state index in [1.54, 1.807) is 24.0 Å². The summed E-state index contributed by atoms with van der Waals surface area (Å²) in [5.74, 6) is -1.35. The maximum atomic E-state index is 12.6. The molecule has 0 spiro atoms. The third kappa shape index (κ3) is 4.88. The van der Waals surface area contributed by atoms with Crippen LogP contribution in [0, 0.1) is 0 Å². The molecule has 0 saturated carbocycles. The molecule has 1 saturated heterocycles. The standard InChI is InChI=1S/C20H27N3O5/c1-12(2)22(13(3)4)19(26)14(5)28-20(27)15-6-8-16(9-7-15)23-18(25)11-10-17(24)21-23/h6-9,12-14H,10-11H2,1-5H3,(H,21,24). The number of amides is 3. The zero-order valence-corrected chi connectivity index (χ0v) is 16.9. The third-order valence-corrected chi connectivity index (χ3v) is 4.41. The fourth-order valence-electron chi connectivity index (χ4n) is 3.12. The van der Waals surface area contributed by atoms with Gasteiger partial charge in [0.15, 0.2) is 6.10 Å². The molecule has 1 aromatic rings. The molecule has 1 aliphatic rings. The van der Waals surface area contributed by atoms with Gasteiger partial charge in [0, 0.05) is 24.9 Å². The molecule has 152 valence electrons. The highest BCUT2D eigenvalue weighted by Gasteiger charge is 2.28. The van der Waals surface area contributed by atoms with E-state index in [9.17, 15) is 19.2 Å². The molecule has 1 atom stereocenters. The Labute approximate surface area is 164 Å². The van der Waals surface area contributed by atoms with Gasteiger partial charge in [0.05, 0.1) is 11.3 Å². The first-order valence-corrected chi connectivity index (χ1v) is 9.37. The van der Waals surface area contributed by atoms with Crippen LogP contribution in [-0.4, -0.2) is 46.8 Å². The Morgan fingerprint density at radius 1 is 1.00 bits per heavy atom. The van der Waals surface area contributed by atoms with Crippen molar-refractivity contribution in [2.75, 3.05) is 5.01 Å². The number of carbonyl (C=O) groups is 4. The Balaban J connectivity index is 2.05. The Morgan fingerprint density at radius 3 is 2.11 bits per heavy atom. The molecule has 2 rings (SSSR count). The van der Waals surface area contributed by atoms with Crippen molar-refractivity contribution >= 4 is 29.4 Å². The van der Waals surface area contributed by atoms with E-state index in [2.05, 4.69) is 5.43 Å². The van der Waals surface area contributed by atoms with E-state index in [-0.39, 0.29) is 48.2 Å². The van der Waals surface area contributed by atoms with Crippen molar-refractivity contribution in [3.63, 3.8) is 0 Å². The number of hydrazine groups is 1. The second kappa shape index (κ2) is 8.86. The van der Waals surface area contributed by atoms with E-state index < -0.39 is 12.1 Å². The predicted molar refractivity (Wildman–Crippen MR) is 103 cm³/mol.